The van der Waals surface area contributed by atoms with E-state index in [1.54, 1.807) is 21.3 Å². The topological polar surface area (TPSA) is 64.2 Å². The van der Waals surface area contributed by atoms with Gasteiger partial charge in [-0.15, -0.1) is 0 Å². The number of carboxylic acid groups (broad SMARTS) is 1. The van der Waals surface area contributed by atoms with Crippen molar-refractivity contribution in [2.75, 3.05) is 0 Å². The van der Waals surface area contributed by atoms with Crippen LogP contribution >= 0.6 is 0 Å². The first kappa shape index (κ1) is 22.3. The highest BCUT2D eigenvalue weighted by molar-refractivity contribution is 5.95. The van der Waals surface area contributed by atoms with E-state index in [1.807, 2.05) is 48.7 Å². The molecule has 0 bridgehead atoms. The Hall–Kier alpha value is -3.34. The van der Waals surface area contributed by atoms with E-state index in [1.165, 1.54) is 0 Å². The lowest BCUT2D eigenvalue weighted by atomic mass is 9.99. The standard InChI is InChI=1S/C26H30N2O3/c1-4-5-8-22-18-27(16-15-19(2)3)26(31)28(22)17-20-11-13-21(14-12-20)23-9-6-7-10-24(23)25(29)30/h5-14,18-19H,4,15-17H2,1-3H3,(H,29,30). The predicted molar refractivity (Wildman–Crippen MR) is 125 cm³/mol. The molecule has 0 unspecified atom stereocenters. The van der Waals surface area contributed by atoms with Crippen LogP contribution in [0.2, 0.25) is 0 Å². The summed E-state index contributed by atoms with van der Waals surface area (Å²) in [4.78, 5) is 24.5. The van der Waals surface area contributed by atoms with E-state index in [0.717, 1.165) is 29.7 Å². The van der Waals surface area contributed by atoms with Gasteiger partial charge in [0, 0.05) is 12.7 Å². The van der Waals surface area contributed by atoms with Crippen LogP contribution in [0.5, 0.6) is 0 Å². The highest BCUT2D eigenvalue weighted by Gasteiger charge is 2.13. The maximum absolute atomic E-state index is 13.0. The summed E-state index contributed by atoms with van der Waals surface area (Å²) in [7, 11) is 0. The zero-order valence-electron chi connectivity index (χ0n) is 18.4. The van der Waals surface area contributed by atoms with Crippen molar-refractivity contribution in [3.8, 4) is 11.1 Å². The molecule has 2 aromatic carbocycles. The molecule has 0 saturated carbocycles. The fourth-order valence-corrected chi connectivity index (χ4v) is 3.53. The Morgan fingerprint density at radius 3 is 2.45 bits per heavy atom. The fraction of sp³-hybridized carbons (Fsp3) is 0.308. The Labute approximate surface area is 183 Å². The van der Waals surface area contributed by atoms with Crippen molar-refractivity contribution in [2.24, 2.45) is 5.92 Å². The maximum atomic E-state index is 13.0. The second-order valence-electron chi connectivity index (χ2n) is 8.16. The van der Waals surface area contributed by atoms with Gasteiger partial charge in [-0.1, -0.05) is 69.3 Å². The molecule has 0 aliphatic carbocycles. The fourth-order valence-electron chi connectivity index (χ4n) is 3.53. The van der Waals surface area contributed by atoms with Crippen molar-refractivity contribution in [1.82, 2.24) is 9.13 Å². The average Bonchev–Trinajstić information content (AvgIpc) is 3.06. The molecular formula is C26H30N2O3. The molecule has 0 aliphatic rings. The van der Waals surface area contributed by atoms with E-state index < -0.39 is 5.97 Å². The summed E-state index contributed by atoms with van der Waals surface area (Å²) in [6, 6.07) is 14.7. The molecule has 3 rings (SSSR count). The summed E-state index contributed by atoms with van der Waals surface area (Å²) in [6.45, 7) is 7.56. The number of imidazole rings is 1. The van der Waals surface area contributed by atoms with Crippen LogP contribution in [0.4, 0.5) is 0 Å². The number of aryl methyl sites for hydroxylation is 1. The second kappa shape index (κ2) is 10.1. The minimum absolute atomic E-state index is 0.00305. The SMILES string of the molecule is CCC=Cc1cn(CCC(C)C)c(=O)n1Cc1ccc(-c2ccccc2C(=O)O)cc1. The minimum atomic E-state index is -0.943. The Balaban J connectivity index is 1.89. The lowest BCUT2D eigenvalue weighted by Crippen LogP contribution is -2.25. The van der Waals surface area contributed by atoms with E-state index in [2.05, 4.69) is 26.8 Å². The lowest BCUT2D eigenvalue weighted by Gasteiger charge is -2.09. The quantitative estimate of drug-likeness (QED) is 0.497. The molecule has 1 aromatic heterocycles. The largest absolute Gasteiger partial charge is 0.478 e. The van der Waals surface area contributed by atoms with Crippen LogP contribution in [0.25, 0.3) is 17.2 Å². The van der Waals surface area contributed by atoms with Crippen LogP contribution < -0.4 is 5.69 Å². The molecule has 3 aromatic rings. The molecule has 0 amide bonds. The van der Waals surface area contributed by atoms with E-state index in [9.17, 15) is 14.7 Å². The van der Waals surface area contributed by atoms with Crippen LogP contribution in [0, 0.1) is 5.92 Å². The smallest absolute Gasteiger partial charge is 0.336 e. The van der Waals surface area contributed by atoms with Crippen molar-refractivity contribution < 1.29 is 9.90 Å². The van der Waals surface area contributed by atoms with Gasteiger partial charge in [0.25, 0.3) is 0 Å². The van der Waals surface area contributed by atoms with E-state index in [4.69, 9.17) is 0 Å². The summed E-state index contributed by atoms with van der Waals surface area (Å²) in [5.41, 5.74) is 3.69. The molecule has 0 radical (unpaired) electrons. The first-order valence-electron chi connectivity index (χ1n) is 10.8. The molecule has 162 valence electrons. The minimum Gasteiger partial charge on any atom is -0.478 e. The number of carboxylic acids is 1. The third kappa shape index (κ3) is 5.43. The zero-order valence-corrected chi connectivity index (χ0v) is 18.4. The molecule has 0 spiro atoms. The molecule has 1 heterocycles. The molecule has 31 heavy (non-hydrogen) atoms. The summed E-state index contributed by atoms with van der Waals surface area (Å²) in [5, 5.41) is 9.44. The van der Waals surface area contributed by atoms with Crippen molar-refractivity contribution in [2.45, 2.75) is 46.7 Å². The Bertz CT molecular complexity index is 1120. The van der Waals surface area contributed by atoms with Gasteiger partial charge in [-0.25, -0.2) is 9.59 Å². The summed E-state index contributed by atoms with van der Waals surface area (Å²) in [6.07, 6.45) is 7.87. The normalized spacial score (nSPS) is 11.5. The highest BCUT2D eigenvalue weighted by Crippen LogP contribution is 2.24. The van der Waals surface area contributed by atoms with Gasteiger partial charge in [-0.3, -0.25) is 9.13 Å². The van der Waals surface area contributed by atoms with E-state index >= 15 is 0 Å². The van der Waals surface area contributed by atoms with Gasteiger partial charge in [-0.05, 0) is 47.6 Å². The molecule has 0 saturated heterocycles. The Morgan fingerprint density at radius 2 is 1.81 bits per heavy atom. The monoisotopic (exact) mass is 418 g/mol. The molecule has 0 fully saturated rings. The number of hydrogen-bond acceptors (Lipinski definition) is 2. The van der Waals surface area contributed by atoms with Crippen molar-refractivity contribution in [3.63, 3.8) is 0 Å². The summed E-state index contributed by atoms with van der Waals surface area (Å²) in [5.74, 6) is -0.410. The zero-order chi connectivity index (χ0) is 22.4. The van der Waals surface area contributed by atoms with Crippen molar-refractivity contribution in [3.05, 3.63) is 88.1 Å². The second-order valence-corrected chi connectivity index (χ2v) is 8.16. The molecular weight excluding hydrogens is 388 g/mol. The van der Waals surface area contributed by atoms with Gasteiger partial charge in [0.05, 0.1) is 17.8 Å². The molecule has 5 heteroatoms. The van der Waals surface area contributed by atoms with Crippen LogP contribution in [0.15, 0.2) is 65.6 Å². The van der Waals surface area contributed by atoms with E-state index in [-0.39, 0.29) is 11.3 Å². The van der Waals surface area contributed by atoms with Crippen molar-refractivity contribution >= 4 is 12.0 Å². The van der Waals surface area contributed by atoms with Gasteiger partial charge in [0.15, 0.2) is 0 Å². The third-order valence-electron chi connectivity index (χ3n) is 5.31. The van der Waals surface area contributed by atoms with Crippen LogP contribution in [0.1, 0.15) is 55.2 Å². The number of aromatic nitrogens is 2. The van der Waals surface area contributed by atoms with Crippen LogP contribution in [0.3, 0.4) is 0 Å². The number of aromatic carboxylic acids is 1. The van der Waals surface area contributed by atoms with Crippen LogP contribution in [-0.4, -0.2) is 20.2 Å². The summed E-state index contributed by atoms with van der Waals surface area (Å²) >= 11 is 0. The molecule has 0 atom stereocenters. The predicted octanol–water partition coefficient (Wildman–Crippen LogP) is 5.53. The van der Waals surface area contributed by atoms with E-state index in [0.29, 0.717) is 24.6 Å². The number of nitrogens with zero attached hydrogens (tertiary/aromatic N) is 2. The molecule has 1 N–H and O–H groups in total. The maximum Gasteiger partial charge on any atom is 0.336 e. The molecule has 0 aliphatic heterocycles. The number of rotatable bonds is 9. The van der Waals surface area contributed by atoms with Gasteiger partial charge < -0.3 is 5.11 Å². The third-order valence-corrected chi connectivity index (χ3v) is 5.31. The van der Waals surface area contributed by atoms with Gasteiger partial charge in [0.2, 0.25) is 0 Å². The number of hydrogen-bond donors (Lipinski definition) is 1. The van der Waals surface area contributed by atoms with Gasteiger partial charge >= 0.3 is 11.7 Å². The number of benzene rings is 2. The average molecular weight is 419 g/mol. The van der Waals surface area contributed by atoms with Crippen LogP contribution in [-0.2, 0) is 13.1 Å². The first-order chi connectivity index (χ1) is 14.9. The highest BCUT2D eigenvalue weighted by atomic mass is 16.4. The van der Waals surface area contributed by atoms with Gasteiger partial charge in [0.1, 0.15) is 0 Å². The number of carbonyl (C=O) groups is 1. The summed E-state index contributed by atoms with van der Waals surface area (Å²) < 4.78 is 3.60. The Kier molecular flexibility index (Phi) is 7.29. The first-order valence-corrected chi connectivity index (χ1v) is 10.8. The van der Waals surface area contributed by atoms with Gasteiger partial charge in [-0.2, -0.15) is 0 Å². The number of allylic oxidation sites excluding steroid dienone is 1. The Morgan fingerprint density at radius 1 is 1.10 bits per heavy atom. The lowest BCUT2D eigenvalue weighted by molar-refractivity contribution is 0.0697. The van der Waals surface area contributed by atoms with Crippen molar-refractivity contribution in [1.29, 1.82) is 0 Å². The molecule has 5 nitrogen and oxygen atoms in total.